The van der Waals surface area contributed by atoms with Crippen molar-refractivity contribution in [3.63, 3.8) is 0 Å². The summed E-state index contributed by atoms with van der Waals surface area (Å²) in [5.74, 6) is 1.64. The average molecular weight is 349 g/mol. The molecule has 2 rings (SSSR count). The van der Waals surface area contributed by atoms with Crippen molar-refractivity contribution in [2.75, 3.05) is 45.3 Å². The first-order valence-corrected chi connectivity index (χ1v) is 8.51. The lowest BCUT2D eigenvalue weighted by molar-refractivity contribution is -0.121. The number of methoxy groups -OCH3 is 2. The minimum atomic E-state index is -0.203. The number of carbonyl (C=O) groups excluding carboxylic acids is 2. The molecule has 3 amide bonds. The zero-order chi connectivity index (χ0) is 18.4. The lowest BCUT2D eigenvalue weighted by Crippen LogP contribution is -2.40. The van der Waals surface area contributed by atoms with Crippen LogP contribution in [-0.2, 0) is 4.79 Å². The molecule has 0 bridgehead atoms. The minimum Gasteiger partial charge on any atom is -0.497 e. The Morgan fingerprint density at radius 3 is 2.64 bits per heavy atom. The van der Waals surface area contributed by atoms with Gasteiger partial charge in [0.05, 0.1) is 19.9 Å². The van der Waals surface area contributed by atoms with Gasteiger partial charge in [-0.2, -0.15) is 0 Å². The van der Waals surface area contributed by atoms with Gasteiger partial charge >= 0.3 is 6.03 Å². The molecule has 1 fully saturated rings. The molecule has 0 atom stereocenters. The van der Waals surface area contributed by atoms with Crippen molar-refractivity contribution in [3.8, 4) is 11.5 Å². The summed E-state index contributed by atoms with van der Waals surface area (Å²) in [6.45, 7) is 5.91. The fraction of sp³-hybridized carbons (Fsp3) is 0.556. The second kappa shape index (κ2) is 8.60. The van der Waals surface area contributed by atoms with Crippen LogP contribution in [-0.4, -0.2) is 57.2 Å². The first-order chi connectivity index (χ1) is 12.0. The van der Waals surface area contributed by atoms with Gasteiger partial charge in [-0.1, -0.05) is 13.8 Å². The zero-order valence-electron chi connectivity index (χ0n) is 15.4. The van der Waals surface area contributed by atoms with E-state index in [2.05, 4.69) is 19.2 Å². The second-order valence-electron chi connectivity index (χ2n) is 6.43. The molecular formula is C18H27N3O4. The number of urea groups is 1. The summed E-state index contributed by atoms with van der Waals surface area (Å²) in [5, 5.41) is 2.86. The molecule has 1 aromatic rings. The summed E-state index contributed by atoms with van der Waals surface area (Å²) in [6, 6.07) is 5.11. The van der Waals surface area contributed by atoms with Crippen LogP contribution in [0.4, 0.5) is 10.5 Å². The Hall–Kier alpha value is -2.44. The van der Waals surface area contributed by atoms with Crippen LogP contribution in [0.1, 0.15) is 20.3 Å². The highest BCUT2D eigenvalue weighted by Crippen LogP contribution is 2.34. The Labute approximate surface area is 148 Å². The Balaban J connectivity index is 2.01. The van der Waals surface area contributed by atoms with Crippen LogP contribution in [0, 0.1) is 5.92 Å². The topological polar surface area (TPSA) is 71.1 Å². The molecule has 1 heterocycles. The van der Waals surface area contributed by atoms with Crippen LogP contribution >= 0.6 is 0 Å². The van der Waals surface area contributed by atoms with Gasteiger partial charge in [-0.25, -0.2) is 4.79 Å². The quantitative estimate of drug-likeness (QED) is 0.780. The summed E-state index contributed by atoms with van der Waals surface area (Å²) < 4.78 is 10.6. The molecule has 0 radical (unpaired) electrons. The molecule has 0 saturated carbocycles. The van der Waals surface area contributed by atoms with Gasteiger partial charge in [0.15, 0.2) is 0 Å². The van der Waals surface area contributed by atoms with Crippen LogP contribution in [0.5, 0.6) is 11.5 Å². The van der Waals surface area contributed by atoms with E-state index in [1.807, 2.05) is 0 Å². The van der Waals surface area contributed by atoms with Gasteiger partial charge in [0.25, 0.3) is 0 Å². The smallest absolute Gasteiger partial charge is 0.325 e. The molecule has 1 saturated heterocycles. The van der Waals surface area contributed by atoms with E-state index in [0.29, 0.717) is 42.7 Å². The van der Waals surface area contributed by atoms with Crippen LogP contribution in [0.3, 0.4) is 0 Å². The van der Waals surface area contributed by atoms with Crippen LogP contribution in [0.2, 0.25) is 0 Å². The van der Waals surface area contributed by atoms with E-state index in [0.717, 1.165) is 6.42 Å². The number of amides is 3. The normalized spacial score (nSPS) is 14.2. The predicted octanol–water partition coefficient (Wildman–Crippen LogP) is 2.11. The molecule has 25 heavy (non-hydrogen) atoms. The van der Waals surface area contributed by atoms with Gasteiger partial charge in [-0.05, 0) is 24.5 Å². The average Bonchev–Trinajstić information content (AvgIpc) is 2.94. The number of anilines is 1. The van der Waals surface area contributed by atoms with Crippen LogP contribution < -0.4 is 19.7 Å². The van der Waals surface area contributed by atoms with Gasteiger partial charge in [0.2, 0.25) is 5.91 Å². The molecule has 138 valence electrons. The van der Waals surface area contributed by atoms with E-state index in [9.17, 15) is 9.59 Å². The number of hydrogen-bond acceptors (Lipinski definition) is 4. The van der Waals surface area contributed by atoms with E-state index in [1.165, 1.54) is 0 Å². The molecule has 0 aromatic heterocycles. The molecule has 0 unspecified atom stereocenters. The van der Waals surface area contributed by atoms with Crippen molar-refractivity contribution in [3.05, 3.63) is 18.2 Å². The number of nitrogens with zero attached hydrogens (tertiary/aromatic N) is 2. The van der Waals surface area contributed by atoms with Gasteiger partial charge < -0.3 is 19.7 Å². The van der Waals surface area contributed by atoms with Gasteiger partial charge in [0.1, 0.15) is 18.0 Å². The highest BCUT2D eigenvalue weighted by atomic mass is 16.5. The van der Waals surface area contributed by atoms with E-state index >= 15 is 0 Å². The van der Waals surface area contributed by atoms with Gasteiger partial charge in [-0.15, -0.1) is 0 Å². The van der Waals surface area contributed by atoms with Crippen LogP contribution in [0.15, 0.2) is 18.2 Å². The SMILES string of the molecule is COc1ccc(OC)c(N2CCN(CC(=O)NCCC(C)C)C2=O)c1. The Bertz CT molecular complexity index is 618. The fourth-order valence-corrected chi connectivity index (χ4v) is 2.69. The van der Waals surface area contributed by atoms with Gasteiger partial charge in [0, 0.05) is 25.7 Å². The predicted molar refractivity (Wildman–Crippen MR) is 96.3 cm³/mol. The maximum absolute atomic E-state index is 12.7. The largest absolute Gasteiger partial charge is 0.497 e. The molecule has 0 aliphatic carbocycles. The number of rotatable bonds is 8. The summed E-state index contributed by atoms with van der Waals surface area (Å²) in [6.07, 6.45) is 0.923. The number of carbonyl (C=O) groups is 2. The summed E-state index contributed by atoms with van der Waals surface area (Å²) in [5.41, 5.74) is 0.648. The maximum atomic E-state index is 12.7. The van der Waals surface area contributed by atoms with Crippen molar-refractivity contribution in [2.24, 2.45) is 5.92 Å². The summed E-state index contributed by atoms with van der Waals surface area (Å²) in [7, 11) is 3.14. The first-order valence-electron chi connectivity index (χ1n) is 8.51. The van der Waals surface area contributed by atoms with Crippen LogP contribution in [0.25, 0.3) is 0 Å². The molecule has 0 spiro atoms. The lowest BCUT2D eigenvalue weighted by atomic mass is 10.1. The molecule has 1 aliphatic heterocycles. The molecule has 1 N–H and O–H groups in total. The van der Waals surface area contributed by atoms with E-state index in [1.54, 1.807) is 42.2 Å². The van der Waals surface area contributed by atoms with E-state index < -0.39 is 0 Å². The maximum Gasteiger partial charge on any atom is 0.325 e. The molecule has 7 heteroatoms. The van der Waals surface area contributed by atoms with Crippen molar-refractivity contribution in [2.45, 2.75) is 20.3 Å². The number of nitrogens with one attached hydrogen (secondary N) is 1. The summed E-state index contributed by atoms with van der Waals surface area (Å²) in [4.78, 5) is 27.9. The standard InChI is InChI=1S/C18H27N3O4/c1-13(2)7-8-19-17(22)12-20-9-10-21(18(20)23)15-11-14(24-3)5-6-16(15)25-4/h5-6,11,13H,7-10,12H2,1-4H3,(H,19,22). The van der Waals surface area contributed by atoms with Crippen molar-refractivity contribution in [1.29, 1.82) is 0 Å². The molecule has 7 nitrogen and oxygen atoms in total. The summed E-state index contributed by atoms with van der Waals surface area (Å²) >= 11 is 0. The lowest BCUT2D eigenvalue weighted by Gasteiger charge is -2.21. The zero-order valence-corrected chi connectivity index (χ0v) is 15.4. The molecule has 1 aromatic carbocycles. The highest BCUT2D eigenvalue weighted by molar-refractivity contribution is 5.97. The van der Waals surface area contributed by atoms with Gasteiger partial charge in [-0.3, -0.25) is 9.69 Å². The second-order valence-corrected chi connectivity index (χ2v) is 6.43. The Morgan fingerprint density at radius 1 is 1.24 bits per heavy atom. The van der Waals surface area contributed by atoms with Crippen molar-refractivity contribution < 1.29 is 19.1 Å². The van der Waals surface area contributed by atoms with Crippen molar-refractivity contribution in [1.82, 2.24) is 10.2 Å². The Kier molecular flexibility index (Phi) is 6.50. The number of ether oxygens (including phenoxy) is 2. The minimum absolute atomic E-state index is 0.0692. The van der Waals surface area contributed by atoms with Crippen molar-refractivity contribution >= 4 is 17.6 Å². The number of benzene rings is 1. The monoisotopic (exact) mass is 349 g/mol. The van der Waals surface area contributed by atoms with E-state index in [-0.39, 0.29) is 18.5 Å². The molecular weight excluding hydrogens is 322 g/mol. The third-order valence-corrected chi connectivity index (χ3v) is 4.15. The third kappa shape index (κ3) is 4.78. The first kappa shape index (κ1) is 18.9. The number of hydrogen-bond donors (Lipinski definition) is 1. The molecule has 1 aliphatic rings. The third-order valence-electron chi connectivity index (χ3n) is 4.15. The Morgan fingerprint density at radius 2 is 2.00 bits per heavy atom. The fourth-order valence-electron chi connectivity index (χ4n) is 2.69. The highest BCUT2D eigenvalue weighted by Gasteiger charge is 2.32. The van der Waals surface area contributed by atoms with E-state index in [4.69, 9.17) is 9.47 Å².